The van der Waals surface area contributed by atoms with E-state index in [1.54, 1.807) is 29.2 Å². The van der Waals surface area contributed by atoms with E-state index in [0.29, 0.717) is 11.5 Å². The van der Waals surface area contributed by atoms with Gasteiger partial charge < -0.3 is 24.4 Å². The SMILES string of the molecule is COc1ccccc1OCC(=O)N1CCN(C(=O)C(=O)O)CC1. The molecule has 2 rings (SSSR count). The van der Waals surface area contributed by atoms with Gasteiger partial charge in [0.05, 0.1) is 7.11 Å². The van der Waals surface area contributed by atoms with Gasteiger partial charge in [-0.1, -0.05) is 12.1 Å². The number of hydrogen-bond acceptors (Lipinski definition) is 5. The summed E-state index contributed by atoms with van der Waals surface area (Å²) in [6.07, 6.45) is 0. The molecule has 0 atom stereocenters. The maximum Gasteiger partial charge on any atom is 0.394 e. The third-order valence-electron chi connectivity index (χ3n) is 3.52. The number of benzene rings is 1. The minimum Gasteiger partial charge on any atom is -0.493 e. The quantitative estimate of drug-likeness (QED) is 0.773. The Hall–Kier alpha value is -2.77. The van der Waals surface area contributed by atoms with E-state index < -0.39 is 11.9 Å². The number of hydrogen-bond donors (Lipinski definition) is 1. The second kappa shape index (κ2) is 7.48. The molecular weight excluding hydrogens is 304 g/mol. The van der Waals surface area contributed by atoms with Gasteiger partial charge in [-0.25, -0.2) is 4.79 Å². The molecule has 1 aliphatic rings. The van der Waals surface area contributed by atoms with Crippen molar-refractivity contribution in [3.8, 4) is 11.5 Å². The van der Waals surface area contributed by atoms with Crippen LogP contribution >= 0.6 is 0 Å². The van der Waals surface area contributed by atoms with Crippen LogP contribution in [0.2, 0.25) is 0 Å². The highest BCUT2D eigenvalue weighted by Crippen LogP contribution is 2.25. The van der Waals surface area contributed by atoms with Crippen molar-refractivity contribution in [3.63, 3.8) is 0 Å². The summed E-state index contributed by atoms with van der Waals surface area (Å²) in [6, 6.07) is 7.01. The number of ether oxygens (including phenoxy) is 2. The lowest BCUT2D eigenvalue weighted by atomic mass is 10.3. The summed E-state index contributed by atoms with van der Waals surface area (Å²) < 4.78 is 10.6. The molecule has 0 aliphatic carbocycles. The summed E-state index contributed by atoms with van der Waals surface area (Å²) in [7, 11) is 1.52. The van der Waals surface area contributed by atoms with Gasteiger partial charge in [0.25, 0.3) is 5.91 Å². The first-order valence-corrected chi connectivity index (χ1v) is 7.08. The van der Waals surface area contributed by atoms with Gasteiger partial charge in [0, 0.05) is 26.2 Å². The molecule has 0 aromatic heterocycles. The van der Waals surface area contributed by atoms with E-state index in [9.17, 15) is 14.4 Å². The molecule has 0 saturated carbocycles. The van der Waals surface area contributed by atoms with Crippen LogP contribution in [0.5, 0.6) is 11.5 Å². The number of carbonyl (C=O) groups is 3. The van der Waals surface area contributed by atoms with Crippen LogP contribution in [-0.2, 0) is 14.4 Å². The number of aliphatic carboxylic acids is 1. The van der Waals surface area contributed by atoms with Crippen molar-refractivity contribution in [2.45, 2.75) is 0 Å². The smallest absolute Gasteiger partial charge is 0.394 e. The molecule has 1 aromatic rings. The fourth-order valence-corrected chi connectivity index (χ4v) is 2.26. The molecule has 1 aromatic carbocycles. The predicted octanol–water partition coefficient (Wildman–Crippen LogP) is -0.171. The number of methoxy groups -OCH3 is 1. The molecule has 0 unspecified atom stereocenters. The summed E-state index contributed by atoms with van der Waals surface area (Å²) in [5, 5.41) is 8.67. The van der Waals surface area contributed by atoms with Crippen LogP contribution in [-0.4, -0.2) is 72.6 Å². The zero-order valence-electron chi connectivity index (χ0n) is 12.7. The largest absolute Gasteiger partial charge is 0.493 e. The molecule has 23 heavy (non-hydrogen) atoms. The molecule has 1 aliphatic heterocycles. The zero-order valence-corrected chi connectivity index (χ0v) is 12.7. The van der Waals surface area contributed by atoms with Crippen LogP contribution in [0.25, 0.3) is 0 Å². The van der Waals surface area contributed by atoms with E-state index in [1.165, 1.54) is 12.0 Å². The molecule has 1 saturated heterocycles. The van der Waals surface area contributed by atoms with E-state index in [0.717, 1.165) is 0 Å². The second-order valence-corrected chi connectivity index (χ2v) is 4.92. The van der Waals surface area contributed by atoms with Crippen molar-refractivity contribution in [1.82, 2.24) is 9.80 Å². The van der Waals surface area contributed by atoms with E-state index in [2.05, 4.69) is 0 Å². The number of rotatable bonds is 4. The summed E-state index contributed by atoms with van der Waals surface area (Å²) in [5.41, 5.74) is 0. The maximum atomic E-state index is 12.1. The fraction of sp³-hybridized carbons (Fsp3) is 0.400. The van der Waals surface area contributed by atoms with E-state index >= 15 is 0 Å². The third-order valence-corrected chi connectivity index (χ3v) is 3.52. The molecular formula is C15H18N2O6. The van der Waals surface area contributed by atoms with Crippen molar-refractivity contribution in [2.24, 2.45) is 0 Å². The Morgan fingerprint density at radius 1 is 1.04 bits per heavy atom. The van der Waals surface area contributed by atoms with Gasteiger partial charge in [0.1, 0.15) is 0 Å². The van der Waals surface area contributed by atoms with Crippen LogP contribution in [0.3, 0.4) is 0 Å². The van der Waals surface area contributed by atoms with Gasteiger partial charge in [0.15, 0.2) is 18.1 Å². The topological polar surface area (TPSA) is 96.4 Å². The predicted molar refractivity (Wildman–Crippen MR) is 79.3 cm³/mol. The first-order valence-electron chi connectivity index (χ1n) is 7.08. The van der Waals surface area contributed by atoms with Gasteiger partial charge in [0.2, 0.25) is 0 Å². The minimum absolute atomic E-state index is 0.146. The Labute approximate surface area is 133 Å². The highest BCUT2D eigenvalue weighted by Gasteiger charge is 2.27. The summed E-state index contributed by atoms with van der Waals surface area (Å²) in [6.45, 7) is 0.824. The minimum atomic E-state index is -1.48. The molecule has 0 bridgehead atoms. The highest BCUT2D eigenvalue weighted by atomic mass is 16.5. The third kappa shape index (κ3) is 4.12. The molecule has 0 radical (unpaired) electrons. The van der Waals surface area contributed by atoms with Crippen molar-refractivity contribution in [1.29, 1.82) is 0 Å². The van der Waals surface area contributed by atoms with Gasteiger partial charge in [-0.15, -0.1) is 0 Å². The van der Waals surface area contributed by atoms with Gasteiger partial charge in [-0.2, -0.15) is 0 Å². The molecule has 8 nitrogen and oxygen atoms in total. The first kappa shape index (κ1) is 16.6. The van der Waals surface area contributed by atoms with Gasteiger partial charge in [-0.05, 0) is 12.1 Å². The number of amides is 2. The lowest BCUT2D eigenvalue weighted by Gasteiger charge is -2.33. The van der Waals surface area contributed by atoms with Crippen LogP contribution in [0.15, 0.2) is 24.3 Å². The number of carboxylic acids is 1. The Bertz CT molecular complexity index is 595. The number of piperazine rings is 1. The summed E-state index contributed by atoms with van der Waals surface area (Å²) >= 11 is 0. The molecule has 124 valence electrons. The van der Waals surface area contributed by atoms with Crippen molar-refractivity contribution in [2.75, 3.05) is 39.9 Å². The fourth-order valence-electron chi connectivity index (χ4n) is 2.26. The van der Waals surface area contributed by atoms with Crippen LogP contribution in [0.1, 0.15) is 0 Å². The summed E-state index contributed by atoms with van der Waals surface area (Å²) in [5.74, 6) is -1.63. The van der Waals surface area contributed by atoms with E-state index in [-0.39, 0.29) is 38.7 Å². The van der Waals surface area contributed by atoms with Crippen LogP contribution < -0.4 is 9.47 Å². The number of carbonyl (C=O) groups excluding carboxylic acids is 2. The monoisotopic (exact) mass is 322 g/mol. The lowest BCUT2D eigenvalue weighted by molar-refractivity contribution is -0.157. The molecule has 1 heterocycles. The molecule has 1 fully saturated rings. The van der Waals surface area contributed by atoms with E-state index in [4.69, 9.17) is 14.6 Å². The number of carboxylic acid groups (broad SMARTS) is 1. The first-order chi connectivity index (χ1) is 11.0. The van der Waals surface area contributed by atoms with Gasteiger partial charge in [-0.3, -0.25) is 9.59 Å². The Morgan fingerprint density at radius 3 is 2.17 bits per heavy atom. The Kier molecular flexibility index (Phi) is 5.40. The normalized spacial score (nSPS) is 14.3. The van der Waals surface area contributed by atoms with Crippen LogP contribution in [0.4, 0.5) is 0 Å². The van der Waals surface area contributed by atoms with E-state index in [1.807, 2.05) is 0 Å². The van der Waals surface area contributed by atoms with Crippen molar-refractivity contribution >= 4 is 17.8 Å². The van der Waals surface area contributed by atoms with Crippen molar-refractivity contribution in [3.05, 3.63) is 24.3 Å². The zero-order chi connectivity index (χ0) is 16.8. The lowest BCUT2D eigenvalue weighted by Crippen LogP contribution is -2.53. The summed E-state index contributed by atoms with van der Waals surface area (Å²) in [4.78, 5) is 36.9. The molecule has 8 heteroatoms. The number of nitrogens with zero attached hydrogens (tertiary/aromatic N) is 2. The average molecular weight is 322 g/mol. The standard InChI is InChI=1S/C15H18N2O6/c1-22-11-4-2-3-5-12(11)23-10-13(18)16-6-8-17(9-7-16)14(19)15(20)21/h2-5H,6-10H2,1H3,(H,20,21). The average Bonchev–Trinajstić information content (AvgIpc) is 2.59. The second-order valence-electron chi connectivity index (χ2n) is 4.92. The Morgan fingerprint density at radius 2 is 1.61 bits per heavy atom. The molecule has 1 N–H and O–H groups in total. The molecule has 2 amide bonds. The van der Waals surface area contributed by atoms with Crippen molar-refractivity contribution < 1.29 is 29.0 Å². The Balaban J connectivity index is 1.84. The highest BCUT2D eigenvalue weighted by molar-refractivity contribution is 6.31. The number of para-hydroxylation sites is 2. The maximum absolute atomic E-state index is 12.1. The van der Waals surface area contributed by atoms with Gasteiger partial charge >= 0.3 is 11.9 Å². The molecule has 0 spiro atoms. The van der Waals surface area contributed by atoms with Crippen LogP contribution in [0, 0.1) is 0 Å².